The summed E-state index contributed by atoms with van der Waals surface area (Å²) in [5.41, 5.74) is 4.22. The summed E-state index contributed by atoms with van der Waals surface area (Å²) >= 11 is 0. The Bertz CT molecular complexity index is 968. The van der Waals surface area contributed by atoms with E-state index >= 15 is 0 Å². The van der Waals surface area contributed by atoms with E-state index in [1.54, 1.807) is 6.20 Å². The Hall–Kier alpha value is -3.22. The zero-order chi connectivity index (χ0) is 18.8. The molecule has 0 spiro atoms. The van der Waals surface area contributed by atoms with Gasteiger partial charge in [0.2, 0.25) is 11.7 Å². The largest absolute Gasteiger partial charge is 0.337 e. The lowest BCUT2D eigenvalue weighted by atomic mass is 10.0. The molecule has 0 saturated heterocycles. The maximum absolute atomic E-state index is 12.6. The molecule has 0 fully saturated rings. The van der Waals surface area contributed by atoms with Crippen molar-refractivity contribution in [3.8, 4) is 11.4 Å². The second kappa shape index (κ2) is 7.19. The quantitative estimate of drug-likeness (QED) is 0.772. The predicted octanol–water partition coefficient (Wildman–Crippen LogP) is 3.27. The highest BCUT2D eigenvalue weighted by atomic mass is 16.5. The summed E-state index contributed by atoms with van der Waals surface area (Å²) in [6.07, 6.45) is 2.57. The number of carbonyl (C=O) groups is 1. The van der Waals surface area contributed by atoms with Crippen LogP contribution in [0.1, 0.15) is 35.7 Å². The first-order valence-electron chi connectivity index (χ1n) is 8.99. The average molecular weight is 363 g/mol. The van der Waals surface area contributed by atoms with Crippen molar-refractivity contribution >= 4 is 6.03 Å². The minimum Gasteiger partial charge on any atom is -0.337 e. The third-order valence-corrected chi connectivity index (χ3v) is 4.72. The Morgan fingerprint density at radius 3 is 2.89 bits per heavy atom. The molecule has 0 radical (unpaired) electrons. The number of aryl methyl sites for hydroxylation is 1. The summed E-state index contributed by atoms with van der Waals surface area (Å²) in [5.74, 6) is 0.869. The molecule has 0 unspecified atom stereocenters. The predicted molar refractivity (Wildman–Crippen MR) is 99.8 cm³/mol. The van der Waals surface area contributed by atoms with Crippen molar-refractivity contribution in [2.24, 2.45) is 0 Å². The van der Waals surface area contributed by atoms with E-state index in [1.807, 2.05) is 43.0 Å². The van der Waals surface area contributed by atoms with Gasteiger partial charge < -0.3 is 14.7 Å². The molecule has 4 rings (SSSR count). The van der Waals surface area contributed by atoms with Gasteiger partial charge in [0.15, 0.2) is 0 Å². The van der Waals surface area contributed by atoms with E-state index in [1.165, 1.54) is 11.1 Å². The summed E-state index contributed by atoms with van der Waals surface area (Å²) in [6, 6.07) is 11.4. The third kappa shape index (κ3) is 3.67. The van der Waals surface area contributed by atoms with Crippen LogP contribution in [0, 0.1) is 6.92 Å². The second-order valence-corrected chi connectivity index (χ2v) is 6.75. The molecule has 1 aliphatic heterocycles. The Kier molecular flexibility index (Phi) is 4.58. The number of pyridine rings is 1. The molecule has 1 atom stereocenters. The van der Waals surface area contributed by atoms with Crippen molar-refractivity contribution in [3.63, 3.8) is 0 Å². The zero-order valence-electron chi connectivity index (χ0n) is 15.3. The van der Waals surface area contributed by atoms with Crippen molar-refractivity contribution in [1.82, 2.24) is 25.3 Å². The van der Waals surface area contributed by atoms with Crippen LogP contribution < -0.4 is 5.32 Å². The van der Waals surface area contributed by atoms with Crippen LogP contribution in [0.5, 0.6) is 0 Å². The van der Waals surface area contributed by atoms with Gasteiger partial charge in [-0.05, 0) is 43.5 Å². The van der Waals surface area contributed by atoms with E-state index < -0.39 is 0 Å². The molecule has 0 bridgehead atoms. The zero-order valence-corrected chi connectivity index (χ0v) is 15.3. The highest BCUT2D eigenvalue weighted by molar-refractivity contribution is 5.75. The average Bonchev–Trinajstić information content (AvgIpc) is 3.18. The molecule has 0 aliphatic carbocycles. The van der Waals surface area contributed by atoms with Crippen LogP contribution in [-0.4, -0.2) is 32.6 Å². The van der Waals surface area contributed by atoms with Crippen molar-refractivity contribution in [1.29, 1.82) is 0 Å². The van der Waals surface area contributed by atoms with Crippen LogP contribution in [0.25, 0.3) is 11.4 Å². The molecule has 2 aromatic heterocycles. The standard InChI is InChI=1S/C20H21N5O2/c1-13-11-16(7-9-21-13)18-23-19(27-24-18)14(2)22-20(26)25-10-8-15-5-3-4-6-17(15)12-25/h3-7,9,11,14H,8,10,12H2,1-2H3,(H,22,26)/t14-/m0/s1. The normalized spacial score (nSPS) is 14.5. The minimum atomic E-state index is -0.376. The van der Waals surface area contributed by atoms with Crippen LogP contribution >= 0.6 is 0 Å². The molecule has 27 heavy (non-hydrogen) atoms. The maximum Gasteiger partial charge on any atom is 0.318 e. The van der Waals surface area contributed by atoms with Gasteiger partial charge in [0.05, 0.1) is 0 Å². The van der Waals surface area contributed by atoms with Gasteiger partial charge in [-0.2, -0.15) is 4.98 Å². The van der Waals surface area contributed by atoms with Crippen molar-refractivity contribution in [3.05, 3.63) is 65.3 Å². The van der Waals surface area contributed by atoms with Gasteiger partial charge in [-0.1, -0.05) is 29.4 Å². The fourth-order valence-electron chi connectivity index (χ4n) is 3.22. The number of rotatable bonds is 3. The van der Waals surface area contributed by atoms with Crippen molar-refractivity contribution in [2.75, 3.05) is 6.54 Å². The van der Waals surface area contributed by atoms with Gasteiger partial charge >= 0.3 is 6.03 Å². The molecule has 3 aromatic rings. The van der Waals surface area contributed by atoms with Crippen LogP contribution in [0.2, 0.25) is 0 Å². The molecule has 7 nitrogen and oxygen atoms in total. The van der Waals surface area contributed by atoms with Crippen LogP contribution in [-0.2, 0) is 13.0 Å². The van der Waals surface area contributed by atoms with E-state index in [0.717, 1.165) is 17.7 Å². The van der Waals surface area contributed by atoms with E-state index in [-0.39, 0.29) is 12.1 Å². The summed E-state index contributed by atoms with van der Waals surface area (Å²) in [6.45, 7) is 5.05. The van der Waals surface area contributed by atoms with Crippen molar-refractivity contribution < 1.29 is 9.32 Å². The first-order chi connectivity index (χ1) is 13.1. The molecule has 1 aliphatic rings. The number of urea groups is 1. The van der Waals surface area contributed by atoms with Gasteiger partial charge in [0, 0.05) is 30.5 Å². The first kappa shape index (κ1) is 17.2. The number of hydrogen-bond acceptors (Lipinski definition) is 5. The molecule has 2 amide bonds. The lowest BCUT2D eigenvalue weighted by Crippen LogP contribution is -2.43. The monoisotopic (exact) mass is 363 g/mol. The smallest absolute Gasteiger partial charge is 0.318 e. The lowest BCUT2D eigenvalue weighted by Gasteiger charge is -2.29. The Balaban J connectivity index is 1.42. The SMILES string of the molecule is Cc1cc(-c2noc([C@H](C)NC(=O)N3CCc4ccccc4C3)n2)ccn1. The first-order valence-corrected chi connectivity index (χ1v) is 8.99. The highest BCUT2D eigenvalue weighted by Crippen LogP contribution is 2.21. The summed E-state index contributed by atoms with van der Waals surface area (Å²) in [5, 5.41) is 6.97. The van der Waals surface area contributed by atoms with E-state index in [2.05, 4.69) is 32.6 Å². The van der Waals surface area contributed by atoms with Gasteiger partial charge in [-0.25, -0.2) is 4.79 Å². The number of hydrogen-bond donors (Lipinski definition) is 1. The number of benzene rings is 1. The topological polar surface area (TPSA) is 84.2 Å². The van der Waals surface area contributed by atoms with Crippen molar-refractivity contribution in [2.45, 2.75) is 32.9 Å². The van der Waals surface area contributed by atoms with E-state index in [0.29, 0.717) is 24.8 Å². The number of amides is 2. The second-order valence-electron chi connectivity index (χ2n) is 6.75. The summed E-state index contributed by atoms with van der Waals surface area (Å²) in [4.78, 5) is 23.0. The van der Waals surface area contributed by atoms with E-state index in [4.69, 9.17) is 4.52 Å². The number of carbonyl (C=O) groups excluding carboxylic acids is 1. The molecular formula is C20H21N5O2. The maximum atomic E-state index is 12.6. The fraction of sp³-hybridized carbons (Fsp3) is 0.300. The molecule has 138 valence electrons. The molecule has 3 heterocycles. The van der Waals surface area contributed by atoms with E-state index in [9.17, 15) is 4.79 Å². The molecule has 0 saturated carbocycles. The van der Waals surface area contributed by atoms with Gasteiger partial charge in [-0.15, -0.1) is 0 Å². The molecule has 1 aromatic carbocycles. The number of fused-ring (bicyclic) bond motifs is 1. The number of aromatic nitrogens is 3. The number of nitrogens with zero attached hydrogens (tertiary/aromatic N) is 4. The summed E-state index contributed by atoms with van der Waals surface area (Å²) in [7, 11) is 0. The van der Waals surface area contributed by atoms with Crippen LogP contribution in [0.3, 0.4) is 0 Å². The fourth-order valence-corrected chi connectivity index (χ4v) is 3.22. The van der Waals surface area contributed by atoms with Gasteiger partial charge in [0.25, 0.3) is 0 Å². The summed E-state index contributed by atoms with van der Waals surface area (Å²) < 4.78 is 5.35. The van der Waals surface area contributed by atoms with Crippen LogP contribution in [0.15, 0.2) is 47.1 Å². The molecular weight excluding hydrogens is 342 g/mol. The van der Waals surface area contributed by atoms with Gasteiger partial charge in [-0.3, -0.25) is 4.98 Å². The highest BCUT2D eigenvalue weighted by Gasteiger charge is 2.24. The Labute approximate surface area is 157 Å². The Morgan fingerprint density at radius 1 is 1.26 bits per heavy atom. The minimum absolute atomic E-state index is 0.128. The third-order valence-electron chi connectivity index (χ3n) is 4.72. The molecule has 1 N–H and O–H groups in total. The lowest BCUT2D eigenvalue weighted by molar-refractivity contribution is 0.186. The van der Waals surface area contributed by atoms with Gasteiger partial charge in [0.1, 0.15) is 6.04 Å². The Morgan fingerprint density at radius 2 is 2.07 bits per heavy atom. The van der Waals surface area contributed by atoms with Crippen LogP contribution in [0.4, 0.5) is 4.79 Å². The number of nitrogens with one attached hydrogen (secondary N) is 1. The molecule has 7 heteroatoms.